The second kappa shape index (κ2) is 5.72. The number of hydrogen-bond acceptors (Lipinski definition) is 2. The molecule has 0 spiro atoms. The molecule has 1 aromatic carbocycles. The fourth-order valence-electron chi connectivity index (χ4n) is 2.53. The van der Waals surface area contributed by atoms with Crippen LogP contribution in [-0.2, 0) is 0 Å². The maximum Gasteiger partial charge on any atom is 0.0511 e. The van der Waals surface area contributed by atoms with E-state index in [1.165, 1.54) is 16.6 Å². The molecule has 94 valence electrons. The molecule has 1 aromatic rings. The largest absolute Gasteiger partial charge is 0.370 e. The Labute approximate surface area is 120 Å². The Morgan fingerprint density at radius 3 is 2.71 bits per heavy atom. The molecule has 17 heavy (non-hydrogen) atoms. The van der Waals surface area contributed by atoms with Crippen molar-refractivity contribution in [1.29, 1.82) is 0 Å². The number of hydrogen-bond donors (Lipinski definition) is 1. The predicted molar refractivity (Wildman–Crippen MR) is 80.7 cm³/mol. The van der Waals surface area contributed by atoms with Gasteiger partial charge < -0.3 is 10.2 Å². The van der Waals surface area contributed by atoms with Crippen LogP contribution in [0.4, 0.5) is 5.69 Å². The van der Waals surface area contributed by atoms with E-state index >= 15 is 0 Å². The molecule has 1 saturated heterocycles. The summed E-state index contributed by atoms with van der Waals surface area (Å²) in [4.78, 5) is 2.47. The molecular formula is C13H18Br2N2. The van der Waals surface area contributed by atoms with Gasteiger partial charge in [0.1, 0.15) is 0 Å². The van der Waals surface area contributed by atoms with Crippen LogP contribution in [0.25, 0.3) is 0 Å². The van der Waals surface area contributed by atoms with Crippen LogP contribution in [-0.4, -0.2) is 26.2 Å². The van der Waals surface area contributed by atoms with E-state index in [-0.39, 0.29) is 0 Å². The second-order valence-corrected chi connectivity index (χ2v) is 6.47. The standard InChI is InChI=1S/C13H18Br2N2/c1-9-8-17(6-5-12(9)16-2)13-4-3-10(14)7-11(13)15/h3-4,7,9,12,16H,5-6,8H2,1-2H3. The number of benzene rings is 1. The quantitative estimate of drug-likeness (QED) is 0.864. The van der Waals surface area contributed by atoms with Gasteiger partial charge in [-0.3, -0.25) is 0 Å². The topological polar surface area (TPSA) is 15.3 Å². The van der Waals surface area contributed by atoms with Crippen LogP contribution in [0.15, 0.2) is 27.1 Å². The van der Waals surface area contributed by atoms with Gasteiger partial charge >= 0.3 is 0 Å². The van der Waals surface area contributed by atoms with Crippen LogP contribution in [0.2, 0.25) is 0 Å². The van der Waals surface area contributed by atoms with Crippen molar-refractivity contribution in [3.8, 4) is 0 Å². The van der Waals surface area contributed by atoms with Crippen LogP contribution >= 0.6 is 31.9 Å². The van der Waals surface area contributed by atoms with Crippen molar-refractivity contribution >= 4 is 37.5 Å². The zero-order chi connectivity index (χ0) is 12.4. The second-order valence-electron chi connectivity index (χ2n) is 4.70. The minimum absolute atomic E-state index is 0.653. The number of nitrogens with zero attached hydrogens (tertiary/aromatic N) is 1. The van der Waals surface area contributed by atoms with Gasteiger partial charge in [-0.05, 0) is 53.5 Å². The smallest absolute Gasteiger partial charge is 0.0511 e. The molecule has 1 aliphatic rings. The van der Waals surface area contributed by atoms with E-state index < -0.39 is 0 Å². The number of anilines is 1. The third kappa shape index (κ3) is 3.04. The third-order valence-electron chi connectivity index (χ3n) is 3.53. The van der Waals surface area contributed by atoms with E-state index in [1.807, 2.05) is 0 Å². The van der Waals surface area contributed by atoms with Crippen LogP contribution in [0, 0.1) is 5.92 Å². The minimum Gasteiger partial charge on any atom is -0.370 e. The van der Waals surface area contributed by atoms with E-state index in [2.05, 4.69) is 74.2 Å². The number of nitrogens with one attached hydrogen (secondary N) is 1. The summed E-state index contributed by atoms with van der Waals surface area (Å²) in [6, 6.07) is 7.06. The van der Waals surface area contributed by atoms with Crippen LogP contribution in [0.5, 0.6) is 0 Å². The summed E-state index contributed by atoms with van der Waals surface area (Å²) in [5.41, 5.74) is 1.30. The molecule has 2 rings (SSSR count). The highest BCUT2D eigenvalue weighted by molar-refractivity contribution is 9.11. The first-order valence-corrected chi connectivity index (χ1v) is 7.57. The SMILES string of the molecule is CNC1CCN(c2ccc(Br)cc2Br)CC1C. The van der Waals surface area contributed by atoms with Crippen LogP contribution in [0.1, 0.15) is 13.3 Å². The van der Waals surface area contributed by atoms with E-state index in [9.17, 15) is 0 Å². The lowest BCUT2D eigenvalue weighted by Gasteiger charge is -2.38. The molecule has 2 atom stereocenters. The van der Waals surface area contributed by atoms with Gasteiger partial charge in [0.15, 0.2) is 0 Å². The monoisotopic (exact) mass is 360 g/mol. The van der Waals surface area contributed by atoms with Crippen molar-refractivity contribution in [3.63, 3.8) is 0 Å². The highest BCUT2D eigenvalue weighted by atomic mass is 79.9. The van der Waals surface area contributed by atoms with Crippen LogP contribution < -0.4 is 10.2 Å². The predicted octanol–water partition coefficient (Wildman–Crippen LogP) is 3.65. The Hall–Kier alpha value is -0.0600. The van der Waals surface area contributed by atoms with Gasteiger partial charge in [0.05, 0.1) is 5.69 Å². The molecule has 0 saturated carbocycles. The van der Waals surface area contributed by atoms with Gasteiger partial charge in [0.25, 0.3) is 0 Å². The molecule has 1 N–H and O–H groups in total. The molecule has 1 heterocycles. The van der Waals surface area contributed by atoms with E-state index in [4.69, 9.17) is 0 Å². The first-order valence-electron chi connectivity index (χ1n) is 5.99. The molecule has 2 unspecified atom stereocenters. The van der Waals surface area contributed by atoms with Gasteiger partial charge in [-0.1, -0.05) is 22.9 Å². The third-order valence-corrected chi connectivity index (χ3v) is 4.65. The molecular weight excluding hydrogens is 344 g/mol. The zero-order valence-corrected chi connectivity index (χ0v) is 13.4. The molecule has 0 amide bonds. The molecule has 0 radical (unpaired) electrons. The molecule has 4 heteroatoms. The van der Waals surface area contributed by atoms with Gasteiger partial charge in [0, 0.05) is 28.1 Å². The Bertz CT molecular complexity index is 395. The van der Waals surface area contributed by atoms with Crippen molar-refractivity contribution in [1.82, 2.24) is 5.32 Å². The first-order chi connectivity index (χ1) is 8.11. The minimum atomic E-state index is 0.653. The summed E-state index contributed by atoms with van der Waals surface area (Å²) in [5.74, 6) is 0.685. The molecule has 0 aromatic heterocycles. The molecule has 0 bridgehead atoms. The average Bonchev–Trinajstić information content (AvgIpc) is 2.29. The molecule has 0 aliphatic carbocycles. The van der Waals surface area contributed by atoms with Crippen molar-refractivity contribution in [2.24, 2.45) is 5.92 Å². The fraction of sp³-hybridized carbons (Fsp3) is 0.538. The number of piperidine rings is 1. The highest BCUT2D eigenvalue weighted by Gasteiger charge is 2.25. The average molecular weight is 362 g/mol. The normalized spacial score (nSPS) is 25.1. The lowest BCUT2D eigenvalue weighted by atomic mass is 9.93. The Kier molecular flexibility index (Phi) is 4.50. The number of rotatable bonds is 2. The fourth-order valence-corrected chi connectivity index (χ4v) is 3.83. The lowest BCUT2D eigenvalue weighted by molar-refractivity contribution is 0.339. The first kappa shape index (κ1) is 13.4. The Morgan fingerprint density at radius 2 is 2.12 bits per heavy atom. The maximum absolute atomic E-state index is 3.65. The van der Waals surface area contributed by atoms with Gasteiger partial charge in [-0.15, -0.1) is 0 Å². The number of halogens is 2. The van der Waals surface area contributed by atoms with Crippen LogP contribution in [0.3, 0.4) is 0 Å². The van der Waals surface area contributed by atoms with E-state index in [1.54, 1.807) is 0 Å². The molecule has 1 aliphatic heterocycles. The summed E-state index contributed by atoms with van der Waals surface area (Å²) in [7, 11) is 2.06. The summed E-state index contributed by atoms with van der Waals surface area (Å²) >= 11 is 7.14. The summed E-state index contributed by atoms with van der Waals surface area (Å²) < 4.78 is 2.29. The summed E-state index contributed by atoms with van der Waals surface area (Å²) in [6.45, 7) is 4.56. The maximum atomic E-state index is 3.65. The van der Waals surface area contributed by atoms with E-state index in [0.29, 0.717) is 12.0 Å². The summed E-state index contributed by atoms with van der Waals surface area (Å²) in [6.07, 6.45) is 1.21. The van der Waals surface area contributed by atoms with Crippen molar-refractivity contribution in [2.45, 2.75) is 19.4 Å². The summed E-state index contributed by atoms with van der Waals surface area (Å²) in [5, 5.41) is 3.40. The van der Waals surface area contributed by atoms with Gasteiger partial charge in [-0.2, -0.15) is 0 Å². The lowest BCUT2D eigenvalue weighted by Crippen LogP contribution is -2.47. The highest BCUT2D eigenvalue weighted by Crippen LogP contribution is 2.32. The van der Waals surface area contributed by atoms with Gasteiger partial charge in [0.2, 0.25) is 0 Å². The Morgan fingerprint density at radius 1 is 1.35 bits per heavy atom. The van der Waals surface area contributed by atoms with Gasteiger partial charge in [-0.25, -0.2) is 0 Å². The Balaban J connectivity index is 2.14. The molecule has 2 nitrogen and oxygen atoms in total. The van der Waals surface area contributed by atoms with Crippen molar-refractivity contribution in [2.75, 3.05) is 25.0 Å². The zero-order valence-electron chi connectivity index (χ0n) is 10.2. The van der Waals surface area contributed by atoms with Crippen molar-refractivity contribution in [3.05, 3.63) is 27.1 Å². The molecule has 1 fully saturated rings. The van der Waals surface area contributed by atoms with E-state index in [0.717, 1.165) is 17.6 Å². The van der Waals surface area contributed by atoms with Crippen molar-refractivity contribution < 1.29 is 0 Å².